The Labute approximate surface area is 114 Å². The summed E-state index contributed by atoms with van der Waals surface area (Å²) in [6.45, 7) is 2.06. The summed E-state index contributed by atoms with van der Waals surface area (Å²) >= 11 is 13.6. The summed E-state index contributed by atoms with van der Waals surface area (Å²) in [4.78, 5) is 0. The number of halogens is 2. The zero-order valence-corrected chi connectivity index (χ0v) is 11.5. The van der Waals surface area contributed by atoms with Gasteiger partial charge in [-0.25, -0.2) is 4.68 Å². The molecular weight excluding hydrogens is 277 g/mol. The molecule has 0 aliphatic rings. The summed E-state index contributed by atoms with van der Waals surface area (Å²) in [5.74, 6) is 1.51. The van der Waals surface area contributed by atoms with E-state index in [2.05, 4.69) is 12.0 Å². The van der Waals surface area contributed by atoms with Gasteiger partial charge >= 0.3 is 0 Å². The minimum Gasteiger partial charge on any atom is -0.384 e. The van der Waals surface area contributed by atoms with Crippen LogP contribution in [0, 0.1) is 0 Å². The molecular formula is C11H11Cl2N3S. The Hall–Kier alpha value is -0.840. The molecule has 17 heavy (non-hydrogen) atoms. The first-order valence-electron chi connectivity index (χ1n) is 5.05. The fraction of sp³-hybridized carbons (Fsp3) is 0.182. The van der Waals surface area contributed by atoms with E-state index in [1.54, 1.807) is 34.6 Å². The number of anilines is 1. The van der Waals surface area contributed by atoms with Crippen LogP contribution >= 0.6 is 35.0 Å². The Bertz CT molecular complexity index is 540. The highest BCUT2D eigenvalue weighted by atomic mass is 35.5. The predicted molar refractivity (Wildman–Crippen MR) is 74.4 cm³/mol. The second-order valence-corrected chi connectivity index (χ2v) is 5.48. The summed E-state index contributed by atoms with van der Waals surface area (Å²) in [7, 11) is 0. The molecule has 6 heteroatoms. The van der Waals surface area contributed by atoms with Crippen molar-refractivity contribution in [2.24, 2.45) is 0 Å². The highest BCUT2D eigenvalue weighted by Gasteiger charge is 2.10. The largest absolute Gasteiger partial charge is 0.384 e. The Morgan fingerprint density at radius 2 is 2.12 bits per heavy atom. The first-order valence-corrected chi connectivity index (χ1v) is 6.79. The number of aromatic nitrogens is 2. The maximum absolute atomic E-state index is 6.11. The van der Waals surface area contributed by atoms with Crippen molar-refractivity contribution in [3.05, 3.63) is 34.3 Å². The second kappa shape index (κ2) is 5.21. The number of benzene rings is 1. The molecule has 2 rings (SSSR count). The van der Waals surface area contributed by atoms with E-state index in [1.165, 1.54) is 0 Å². The molecule has 2 aromatic rings. The average molecular weight is 288 g/mol. The molecule has 0 bridgehead atoms. The number of nitrogen functional groups attached to an aromatic ring is 1. The van der Waals surface area contributed by atoms with Crippen molar-refractivity contribution in [3.8, 4) is 5.69 Å². The number of nitrogens with two attached hydrogens (primary N) is 1. The molecule has 1 aromatic carbocycles. The van der Waals surface area contributed by atoms with Gasteiger partial charge in [-0.05, 0) is 24.0 Å². The van der Waals surface area contributed by atoms with Crippen molar-refractivity contribution in [1.82, 2.24) is 9.78 Å². The first-order chi connectivity index (χ1) is 8.11. The minimum atomic E-state index is 0.528. The Balaban J connectivity index is 2.45. The van der Waals surface area contributed by atoms with Gasteiger partial charge in [0.1, 0.15) is 10.8 Å². The van der Waals surface area contributed by atoms with Crippen molar-refractivity contribution >= 4 is 40.8 Å². The van der Waals surface area contributed by atoms with Gasteiger partial charge in [0.15, 0.2) is 0 Å². The van der Waals surface area contributed by atoms with Crippen LogP contribution in [0.25, 0.3) is 5.69 Å². The van der Waals surface area contributed by atoms with Crippen molar-refractivity contribution < 1.29 is 0 Å². The second-order valence-electron chi connectivity index (χ2n) is 3.35. The van der Waals surface area contributed by atoms with E-state index in [4.69, 9.17) is 28.9 Å². The third-order valence-corrected chi connectivity index (χ3v) is 3.47. The SMILES string of the molecule is CCSc1cc(N)n(-c2ccc(Cl)cc2Cl)n1. The lowest BCUT2D eigenvalue weighted by Crippen LogP contribution is -2.02. The van der Waals surface area contributed by atoms with Gasteiger partial charge in [-0.15, -0.1) is 11.8 Å². The van der Waals surface area contributed by atoms with Crippen LogP contribution in [0.3, 0.4) is 0 Å². The number of rotatable bonds is 3. The van der Waals surface area contributed by atoms with Gasteiger partial charge < -0.3 is 5.73 Å². The van der Waals surface area contributed by atoms with Crippen LogP contribution < -0.4 is 5.73 Å². The van der Waals surface area contributed by atoms with Gasteiger partial charge in [-0.2, -0.15) is 5.10 Å². The summed E-state index contributed by atoms with van der Waals surface area (Å²) in [6, 6.07) is 7.07. The summed E-state index contributed by atoms with van der Waals surface area (Å²) in [6.07, 6.45) is 0. The number of thioether (sulfide) groups is 1. The zero-order chi connectivity index (χ0) is 12.4. The Morgan fingerprint density at radius 3 is 2.76 bits per heavy atom. The van der Waals surface area contributed by atoms with Gasteiger partial charge in [-0.3, -0.25) is 0 Å². The molecule has 2 N–H and O–H groups in total. The maximum atomic E-state index is 6.11. The van der Waals surface area contributed by atoms with E-state index in [1.807, 2.05) is 6.07 Å². The van der Waals surface area contributed by atoms with Crippen LogP contribution in [0.4, 0.5) is 5.82 Å². The molecule has 0 radical (unpaired) electrons. The number of nitrogens with zero attached hydrogens (tertiary/aromatic N) is 2. The molecule has 0 spiro atoms. The third kappa shape index (κ3) is 2.70. The van der Waals surface area contributed by atoms with E-state index in [-0.39, 0.29) is 0 Å². The van der Waals surface area contributed by atoms with Gasteiger partial charge in [0.05, 0.1) is 10.7 Å². The molecule has 0 atom stereocenters. The van der Waals surface area contributed by atoms with E-state index in [0.717, 1.165) is 16.5 Å². The molecule has 1 heterocycles. The number of hydrogen-bond acceptors (Lipinski definition) is 3. The van der Waals surface area contributed by atoms with Crippen LogP contribution in [0.2, 0.25) is 10.0 Å². The maximum Gasteiger partial charge on any atom is 0.128 e. The van der Waals surface area contributed by atoms with Crippen LogP contribution in [-0.2, 0) is 0 Å². The molecule has 0 saturated carbocycles. The topological polar surface area (TPSA) is 43.8 Å². The van der Waals surface area contributed by atoms with Crippen molar-refractivity contribution in [1.29, 1.82) is 0 Å². The zero-order valence-electron chi connectivity index (χ0n) is 9.15. The quantitative estimate of drug-likeness (QED) is 0.872. The third-order valence-electron chi connectivity index (χ3n) is 2.14. The van der Waals surface area contributed by atoms with Crippen LogP contribution in [0.5, 0.6) is 0 Å². The lowest BCUT2D eigenvalue weighted by Gasteiger charge is -2.06. The van der Waals surface area contributed by atoms with Crippen LogP contribution in [-0.4, -0.2) is 15.5 Å². The van der Waals surface area contributed by atoms with E-state index in [9.17, 15) is 0 Å². The van der Waals surface area contributed by atoms with Crippen molar-refractivity contribution in [3.63, 3.8) is 0 Å². The molecule has 90 valence electrons. The molecule has 0 amide bonds. The van der Waals surface area contributed by atoms with Crippen molar-refractivity contribution in [2.45, 2.75) is 11.9 Å². The van der Waals surface area contributed by atoms with Gasteiger partial charge in [0.2, 0.25) is 0 Å². The molecule has 0 aliphatic carbocycles. The van der Waals surface area contributed by atoms with Crippen LogP contribution in [0.1, 0.15) is 6.92 Å². The summed E-state index contributed by atoms with van der Waals surface area (Å²) in [5.41, 5.74) is 6.64. The highest BCUT2D eigenvalue weighted by Crippen LogP contribution is 2.28. The lowest BCUT2D eigenvalue weighted by molar-refractivity contribution is 0.846. The lowest BCUT2D eigenvalue weighted by atomic mass is 10.3. The summed E-state index contributed by atoms with van der Waals surface area (Å²) in [5, 5.41) is 6.39. The fourth-order valence-electron chi connectivity index (χ4n) is 1.44. The van der Waals surface area contributed by atoms with Gasteiger partial charge in [0.25, 0.3) is 0 Å². The standard InChI is InChI=1S/C11H11Cl2N3S/c1-2-17-11-6-10(14)16(15-11)9-4-3-7(12)5-8(9)13/h3-6H,2,14H2,1H3. The molecule has 0 unspecified atom stereocenters. The predicted octanol–water partition coefficient (Wildman–Crippen LogP) is 3.87. The molecule has 0 saturated heterocycles. The highest BCUT2D eigenvalue weighted by molar-refractivity contribution is 7.99. The van der Waals surface area contributed by atoms with Gasteiger partial charge in [0, 0.05) is 11.1 Å². The smallest absolute Gasteiger partial charge is 0.128 e. The monoisotopic (exact) mass is 287 g/mol. The summed E-state index contributed by atoms with van der Waals surface area (Å²) < 4.78 is 1.62. The fourth-order valence-corrected chi connectivity index (χ4v) is 2.57. The molecule has 3 nitrogen and oxygen atoms in total. The minimum absolute atomic E-state index is 0.528. The van der Waals surface area contributed by atoms with E-state index >= 15 is 0 Å². The molecule has 0 aliphatic heterocycles. The number of hydrogen-bond donors (Lipinski definition) is 1. The normalized spacial score (nSPS) is 10.8. The van der Waals surface area contributed by atoms with E-state index in [0.29, 0.717) is 15.9 Å². The molecule has 1 aromatic heterocycles. The average Bonchev–Trinajstić information content (AvgIpc) is 2.60. The van der Waals surface area contributed by atoms with Gasteiger partial charge in [-0.1, -0.05) is 30.1 Å². The van der Waals surface area contributed by atoms with Crippen LogP contribution in [0.15, 0.2) is 29.3 Å². The first kappa shape index (κ1) is 12.6. The molecule has 0 fully saturated rings. The van der Waals surface area contributed by atoms with E-state index < -0.39 is 0 Å². The Kier molecular flexibility index (Phi) is 3.86. The van der Waals surface area contributed by atoms with Crippen molar-refractivity contribution in [2.75, 3.05) is 11.5 Å². The Morgan fingerprint density at radius 1 is 1.35 bits per heavy atom.